The van der Waals surface area contributed by atoms with E-state index in [4.69, 9.17) is 0 Å². The Hall–Kier alpha value is -1.17. The second-order valence-corrected chi connectivity index (χ2v) is 6.51. The molecule has 5 heteroatoms. The van der Waals surface area contributed by atoms with Gasteiger partial charge in [0, 0.05) is 55.7 Å². The first-order valence-electron chi connectivity index (χ1n) is 8.78. The van der Waals surface area contributed by atoms with Crippen LogP contribution in [0.4, 0.5) is 0 Å². The average molecular weight is 321 g/mol. The Morgan fingerprint density at radius 2 is 1.87 bits per heavy atom. The maximum Gasteiger partial charge on any atom is 0.178 e. The average Bonchev–Trinajstić information content (AvgIpc) is 2.84. The summed E-state index contributed by atoms with van der Waals surface area (Å²) in [7, 11) is 0. The lowest BCUT2D eigenvalue weighted by Gasteiger charge is -2.38. The third kappa shape index (κ3) is 4.03. The van der Waals surface area contributed by atoms with Crippen LogP contribution in [0.1, 0.15) is 42.0 Å². The molecule has 0 aliphatic carbocycles. The van der Waals surface area contributed by atoms with E-state index in [2.05, 4.69) is 35.1 Å². The standard InChI is InChI=1S/C18H31N3O2/c1-5-16(13-22)20-9-7-19(8-10-20)12-18(23)17-11-14(3)21(6-2)15(17)4/h11,16,22H,5-10,12-13H2,1-4H3. The number of Topliss-reactive ketones (excluding diaryl/α,β-unsaturated/α-hetero) is 1. The first-order chi connectivity index (χ1) is 11.0. The SMILES string of the molecule is CCC(CO)N1CCN(CC(=O)c2cc(C)n(CC)c2C)CC1. The number of nitrogens with zero attached hydrogens (tertiary/aromatic N) is 3. The van der Waals surface area contributed by atoms with E-state index in [1.165, 1.54) is 0 Å². The van der Waals surface area contributed by atoms with Gasteiger partial charge >= 0.3 is 0 Å². The number of aryl methyl sites for hydroxylation is 1. The molecule has 1 aromatic rings. The second-order valence-electron chi connectivity index (χ2n) is 6.51. The summed E-state index contributed by atoms with van der Waals surface area (Å²) in [6.45, 7) is 13.6. The molecule has 1 fully saturated rings. The molecule has 1 aliphatic heterocycles. The van der Waals surface area contributed by atoms with Crippen molar-refractivity contribution in [2.24, 2.45) is 0 Å². The van der Waals surface area contributed by atoms with Crippen LogP contribution >= 0.6 is 0 Å². The zero-order valence-electron chi connectivity index (χ0n) is 15.0. The number of piperazine rings is 1. The van der Waals surface area contributed by atoms with Crippen molar-refractivity contribution in [3.8, 4) is 0 Å². The molecule has 1 aromatic heterocycles. The van der Waals surface area contributed by atoms with Gasteiger partial charge in [-0.05, 0) is 33.3 Å². The van der Waals surface area contributed by atoms with Crippen molar-refractivity contribution in [1.82, 2.24) is 14.4 Å². The molecule has 5 nitrogen and oxygen atoms in total. The van der Waals surface area contributed by atoms with Gasteiger partial charge in [0.15, 0.2) is 5.78 Å². The van der Waals surface area contributed by atoms with Crippen LogP contribution in [0, 0.1) is 13.8 Å². The number of ketones is 1. The molecule has 0 bridgehead atoms. The number of aliphatic hydroxyl groups is 1. The molecule has 0 spiro atoms. The molecule has 2 heterocycles. The van der Waals surface area contributed by atoms with Gasteiger partial charge in [-0.2, -0.15) is 0 Å². The Kier molecular flexibility index (Phi) is 6.39. The predicted octanol–water partition coefficient (Wildman–Crippen LogP) is 1.70. The van der Waals surface area contributed by atoms with Crippen molar-refractivity contribution in [3.05, 3.63) is 23.0 Å². The minimum atomic E-state index is 0.221. The first-order valence-corrected chi connectivity index (χ1v) is 8.78. The number of rotatable bonds is 7. The maximum absolute atomic E-state index is 12.6. The molecule has 23 heavy (non-hydrogen) atoms. The fraction of sp³-hybridized carbons (Fsp3) is 0.722. The summed E-state index contributed by atoms with van der Waals surface area (Å²) in [5, 5.41) is 9.41. The molecule has 1 atom stereocenters. The van der Waals surface area contributed by atoms with E-state index < -0.39 is 0 Å². The highest BCUT2D eigenvalue weighted by Crippen LogP contribution is 2.17. The van der Waals surface area contributed by atoms with Crippen LogP contribution in [0.15, 0.2) is 6.07 Å². The van der Waals surface area contributed by atoms with E-state index in [9.17, 15) is 9.90 Å². The smallest absolute Gasteiger partial charge is 0.178 e. The summed E-state index contributed by atoms with van der Waals surface area (Å²) in [4.78, 5) is 17.2. The van der Waals surface area contributed by atoms with Crippen LogP contribution in [-0.2, 0) is 6.54 Å². The Labute approximate surface area is 139 Å². The lowest BCUT2D eigenvalue weighted by atomic mass is 10.1. The molecule has 0 amide bonds. The molecule has 1 unspecified atom stereocenters. The molecule has 0 radical (unpaired) electrons. The normalized spacial score (nSPS) is 18.3. The van der Waals surface area contributed by atoms with Gasteiger partial charge < -0.3 is 9.67 Å². The minimum absolute atomic E-state index is 0.221. The van der Waals surface area contributed by atoms with E-state index >= 15 is 0 Å². The third-order valence-corrected chi connectivity index (χ3v) is 5.16. The second kappa shape index (κ2) is 8.08. The number of hydrogen-bond acceptors (Lipinski definition) is 4. The van der Waals surface area contributed by atoms with Crippen molar-refractivity contribution in [1.29, 1.82) is 0 Å². The molecular formula is C18H31N3O2. The lowest BCUT2D eigenvalue weighted by molar-refractivity contribution is 0.0591. The van der Waals surface area contributed by atoms with Gasteiger partial charge in [0.05, 0.1) is 13.2 Å². The summed E-state index contributed by atoms with van der Waals surface area (Å²) >= 11 is 0. The summed E-state index contributed by atoms with van der Waals surface area (Å²) < 4.78 is 2.19. The number of carbonyl (C=O) groups excluding carboxylic acids is 1. The minimum Gasteiger partial charge on any atom is -0.395 e. The fourth-order valence-corrected chi connectivity index (χ4v) is 3.65. The summed E-state index contributed by atoms with van der Waals surface area (Å²) in [5.41, 5.74) is 3.11. The molecule has 1 aliphatic rings. The Morgan fingerprint density at radius 1 is 1.22 bits per heavy atom. The molecule has 0 saturated carbocycles. The Bertz CT molecular complexity index is 527. The summed E-state index contributed by atoms with van der Waals surface area (Å²) in [6, 6.07) is 2.28. The van der Waals surface area contributed by atoms with Gasteiger partial charge in [0.25, 0.3) is 0 Å². The topological polar surface area (TPSA) is 48.7 Å². The van der Waals surface area contributed by atoms with Crippen LogP contribution in [-0.4, -0.2) is 70.6 Å². The Balaban J connectivity index is 1.93. The summed E-state index contributed by atoms with van der Waals surface area (Å²) in [5.74, 6) is 0.223. The first kappa shape index (κ1) is 18.2. The van der Waals surface area contributed by atoms with Gasteiger partial charge in [-0.3, -0.25) is 14.6 Å². The van der Waals surface area contributed by atoms with Crippen LogP contribution < -0.4 is 0 Å². The highest BCUT2D eigenvalue weighted by Gasteiger charge is 2.24. The number of hydrogen-bond donors (Lipinski definition) is 1. The molecule has 1 N–H and O–H groups in total. The van der Waals surface area contributed by atoms with Crippen LogP contribution in [0.2, 0.25) is 0 Å². The highest BCUT2D eigenvalue weighted by molar-refractivity contribution is 5.99. The van der Waals surface area contributed by atoms with Crippen molar-refractivity contribution in [2.75, 3.05) is 39.3 Å². The fourth-order valence-electron chi connectivity index (χ4n) is 3.65. The molecule has 130 valence electrons. The van der Waals surface area contributed by atoms with Crippen molar-refractivity contribution >= 4 is 5.78 Å². The number of carbonyl (C=O) groups is 1. The monoisotopic (exact) mass is 321 g/mol. The van der Waals surface area contributed by atoms with Crippen LogP contribution in [0.3, 0.4) is 0 Å². The van der Waals surface area contributed by atoms with Gasteiger partial charge in [-0.25, -0.2) is 0 Å². The summed E-state index contributed by atoms with van der Waals surface area (Å²) in [6.07, 6.45) is 0.971. The van der Waals surface area contributed by atoms with E-state index in [0.717, 1.165) is 56.1 Å². The van der Waals surface area contributed by atoms with Gasteiger partial charge in [0.1, 0.15) is 0 Å². The largest absolute Gasteiger partial charge is 0.395 e. The predicted molar refractivity (Wildman–Crippen MR) is 93.1 cm³/mol. The van der Waals surface area contributed by atoms with Gasteiger partial charge in [-0.1, -0.05) is 6.92 Å². The highest BCUT2D eigenvalue weighted by atomic mass is 16.3. The lowest BCUT2D eigenvalue weighted by Crippen LogP contribution is -2.52. The molecule has 2 rings (SSSR count). The zero-order chi connectivity index (χ0) is 17.0. The van der Waals surface area contributed by atoms with Crippen molar-refractivity contribution < 1.29 is 9.90 Å². The Morgan fingerprint density at radius 3 is 2.35 bits per heavy atom. The number of aromatic nitrogens is 1. The van der Waals surface area contributed by atoms with E-state index in [1.807, 2.05) is 13.0 Å². The quantitative estimate of drug-likeness (QED) is 0.777. The zero-order valence-corrected chi connectivity index (χ0v) is 15.0. The van der Waals surface area contributed by atoms with E-state index in [1.54, 1.807) is 0 Å². The molecule has 0 aromatic carbocycles. The van der Waals surface area contributed by atoms with E-state index in [0.29, 0.717) is 6.54 Å². The molecular weight excluding hydrogens is 290 g/mol. The number of aliphatic hydroxyl groups excluding tert-OH is 1. The molecule has 1 saturated heterocycles. The van der Waals surface area contributed by atoms with Crippen LogP contribution in [0.25, 0.3) is 0 Å². The van der Waals surface area contributed by atoms with E-state index in [-0.39, 0.29) is 18.4 Å². The maximum atomic E-state index is 12.6. The van der Waals surface area contributed by atoms with Crippen molar-refractivity contribution in [3.63, 3.8) is 0 Å². The van der Waals surface area contributed by atoms with Gasteiger partial charge in [0.2, 0.25) is 0 Å². The third-order valence-electron chi connectivity index (χ3n) is 5.16. The van der Waals surface area contributed by atoms with Crippen molar-refractivity contribution in [2.45, 2.75) is 46.7 Å². The van der Waals surface area contributed by atoms with Crippen LogP contribution in [0.5, 0.6) is 0 Å². The van der Waals surface area contributed by atoms with Gasteiger partial charge in [-0.15, -0.1) is 0 Å².